The maximum Gasteiger partial charge on any atom is 0.150 e. The molecule has 4 nitrogen and oxygen atoms in total. The second-order valence-corrected chi connectivity index (χ2v) is 3.65. The van der Waals surface area contributed by atoms with Crippen molar-refractivity contribution in [3.8, 4) is 17.2 Å². The Balaban J connectivity index is 2.28. The molecule has 2 N–H and O–H groups in total. The number of anilines is 1. The van der Waals surface area contributed by atoms with Crippen LogP contribution in [0, 0.1) is 6.92 Å². The Morgan fingerprint density at radius 1 is 1.18 bits per heavy atom. The maximum absolute atomic E-state index is 5.87. The van der Waals surface area contributed by atoms with Crippen LogP contribution >= 0.6 is 0 Å². The Labute approximate surface area is 100 Å². The number of pyridine rings is 1. The van der Waals surface area contributed by atoms with Gasteiger partial charge in [0.2, 0.25) is 0 Å². The van der Waals surface area contributed by atoms with E-state index < -0.39 is 0 Å². The lowest BCUT2D eigenvalue weighted by atomic mass is 10.2. The molecule has 0 saturated heterocycles. The summed E-state index contributed by atoms with van der Waals surface area (Å²) in [4.78, 5) is 4.01. The van der Waals surface area contributed by atoms with Gasteiger partial charge < -0.3 is 15.2 Å². The standard InChI is InChI=1S/C13H14N2O2/c1-9-8-15-6-5-12(9)17-13-4-3-10(16-2)7-11(13)14/h3-8H,14H2,1-2H3. The first-order chi connectivity index (χ1) is 8.20. The average Bonchev–Trinajstić information content (AvgIpc) is 2.34. The van der Waals surface area contributed by atoms with Crippen LogP contribution in [0.3, 0.4) is 0 Å². The van der Waals surface area contributed by atoms with E-state index in [0.29, 0.717) is 17.2 Å². The lowest BCUT2D eigenvalue weighted by Gasteiger charge is -2.11. The molecule has 0 atom stereocenters. The minimum Gasteiger partial charge on any atom is -0.497 e. The van der Waals surface area contributed by atoms with Crippen LogP contribution < -0.4 is 15.2 Å². The predicted octanol–water partition coefficient (Wildman–Crippen LogP) is 2.77. The molecule has 0 aliphatic carbocycles. The molecule has 0 radical (unpaired) electrons. The van der Waals surface area contributed by atoms with Crippen molar-refractivity contribution in [2.24, 2.45) is 0 Å². The van der Waals surface area contributed by atoms with Gasteiger partial charge >= 0.3 is 0 Å². The quantitative estimate of drug-likeness (QED) is 0.824. The first-order valence-electron chi connectivity index (χ1n) is 5.22. The van der Waals surface area contributed by atoms with Gasteiger partial charge in [-0.1, -0.05) is 0 Å². The zero-order valence-electron chi connectivity index (χ0n) is 9.81. The van der Waals surface area contributed by atoms with Crippen molar-refractivity contribution in [2.75, 3.05) is 12.8 Å². The van der Waals surface area contributed by atoms with E-state index in [2.05, 4.69) is 4.98 Å². The molecule has 88 valence electrons. The number of benzene rings is 1. The van der Waals surface area contributed by atoms with Crippen LogP contribution in [0.25, 0.3) is 0 Å². The molecule has 0 amide bonds. The van der Waals surface area contributed by atoms with Crippen LogP contribution in [0.15, 0.2) is 36.7 Å². The summed E-state index contributed by atoms with van der Waals surface area (Å²) in [6.07, 6.45) is 3.43. The second kappa shape index (κ2) is 4.74. The minimum atomic E-state index is 0.542. The summed E-state index contributed by atoms with van der Waals surface area (Å²) >= 11 is 0. The van der Waals surface area contributed by atoms with E-state index in [1.165, 1.54) is 0 Å². The van der Waals surface area contributed by atoms with Crippen molar-refractivity contribution in [3.05, 3.63) is 42.2 Å². The van der Waals surface area contributed by atoms with Crippen molar-refractivity contribution < 1.29 is 9.47 Å². The third kappa shape index (κ3) is 2.47. The van der Waals surface area contributed by atoms with Crippen molar-refractivity contribution in [3.63, 3.8) is 0 Å². The first kappa shape index (κ1) is 11.3. The van der Waals surface area contributed by atoms with E-state index in [-0.39, 0.29) is 0 Å². The monoisotopic (exact) mass is 230 g/mol. The molecule has 1 aromatic heterocycles. The molecule has 0 saturated carbocycles. The number of aryl methyl sites for hydroxylation is 1. The number of hydrogen-bond acceptors (Lipinski definition) is 4. The average molecular weight is 230 g/mol. The van der Waals surface area contributed by atoms with Gasteiger partial charge in [-0.3, -0.25) is 4.98 Å². The molecule has 0 unspecified atom stereocenters. The molecule has 1 aromatic carbocycles. The number of nitrogens with zero attached hydrogens (tertiary/aromatic N) is 1. The lowest BCUT2D eigenvalue weighted by molar-refractivity contribution is 0.413. The summed E-state index contributed by atoms with van der Waals surface area (Å²) in [7, 11) is 1.60. The van der Waals surface area contributed by atoms with Crippen LogP contribution in [0.5, 0.6) is 17.2 Å². The maximum atomic E-state index is 5.87. The zero-order chi connectivity index (χ0) is 12.3. The van der Waals surface area contributed by atoms with Crippen molar-refractivity contribution in [2.45, 2.75) is 6.92 Å². The van der Waals surface area contributed by atoms with Crippen molar-refractivity contribution in [1.82, 2.24) is 4.98 Å². The molecular formula is C13H14N2O2. The van der Waals surface area contributed by atoms with E-state index >= 15 is 0 Å². The van der Waals surface area contributed by atoms with Gasteiger partial charge in [0.15, 0.2) is 5.75 Å². The van der Waals surface area contributed by atoms with Gasteiger partial charge in [0.1, 0.15) is 11.5 Å². The normalized spacial score (nSPS) is 10.0. The van der Waals surface area contributed by atoms with Gasteiger partial charge in [-0.25, -0.2) is 0 Å². The lowest BCUT2D eigenvalue weighted by Crippen LogP contribution is -1.94. The second-order valence-electron chi connectivity index (χ2n) is 3.65. The molecule has 4 heteroatoms. The summed E-state index contributed by atoms with van der Waals surface area (Å²) in [5.74, 6) is 2.07. The fraction of sp³-hybridized carbons (Fsp3) is 0.154. The Morgan fingerprint density at radius 2 is 2.00 bits per heavy atom. The van der Waals surface area contributed by atoms with Crippen LogP contribution in [-0.2, 0) is 0 Å². The number of nitrogens with two attached hydrogens (primary N) is 1. The Bertz CT molecular complexity index is 527. The summed E-state index contributed by atoms with van der Waals surface area (Å²) in [6.45, 7) is 1.93. The highest BCUT2D eigenvalue weighted by Gasteiger charge is 2.05. The Hall–Kier alpha value is -2.23. The largest absolute Gasteiger partial charge is 0.497 e. The van der Waals surface area contributed by atoms with Crippen LogP contribution in [-0.4, -0.2) is 12.1 Å². The molecule has 0 aliphatic rings. The summed E-state index contributed by atoms with van der Waals surface area (Å²) in [6, 6.07) is 7.13. The minimum absolute atomic E-state index is 0.542. The topological polar surface area (TPSA) is 57.4 Å². The molecule has 0 bridgehead atoms. The van der Waals surface area contributed by atoms with E-state index in [1.807, 2.05) is 13.0 Å². The summed E-state index contributed by atoms with van der Waals surface area (Å²) in [5.41, 5.74) is 7.38. The molecular weight excluding hydrogens is 216 g/mol. The number of ether oxygens (including phenoxy) is 2. The zero-order valence-corrected chi connectivity index (χ0v) is 9.81. The van der Waals surface area contributed by atoms with Gasteiger partial charge in [-0.05, 0) is 25.1 Å². The molecule has 0 spiro atoms. The highest BCUT2D eigenvalue weighted by molar-refractivity contribution is 5.57. The number of hydrogen-bond donors (Lipinski definition) is 1. The SMILES string of the molecule is COc1ccc(Oc2ccncc2C)c(N)c1. The number of aromatic nitrogens is 1. The number of rotatable bonds is 3. The van der Waals surface area contributed by atoms with Crippen molar-refractivity contribution >= 4 is 5.69 Å². The third-order valence-electron chi connectivity index (χ3n) is 2.41. The van der Waals surface area contributed by atoms with Gasteiger partial charge in [0.05, 0.1) is 12.8 Å². The fourth-order valence-electron chi connectivity index (χ4n) is 1.44. The first-order valence-corrected chi connectivity index (χ1v) is 5.22. The van der Waals surface area contributed by atoms with Crippen LogP contribution in [0.1, 0.15) is 5.56 Å². The molecule has 2 aromatic rings. The van der Waals surface area contributed by atoms with Crippen LogP contribution in [0.4, 0.5) is 5.69 Å². The highest BCUT2D eigenvalue weighted by Crippen LogP contribution is 2.31. The molecule has 17 heavy (non-hydrogen) atoms. The van der Waals surface area contributed by atoms with E-state index in [0.717, 1.165) is 11.3 Å². The van der Waals surface area contributed by atoms with E-state index in [4.69, 9.17) is 15.2 Å². The third-order valence-corrected chi connectivity index (χ3v) is 2.41. The molecule has 1 heterocycles. The van der Waals surface area contributed by atoms with E-state index in [1.54, 1.807) is 37.7 Å². The van der Waals surface area contributed by atoms with E-state index in [9.17, 15) is 0 Å². The van der Waals surface area contributed by atoms with Gasteiger partial charge in [-0.15, -0.1) is 0 Å². The summed E-state index contributed by atoms with van der Waals surface area (Å²) < 4.78 is 10.8. The highest BCUT2D eigenvalue weighted by atomic mass is 16.5. The Morgan fingerprint density at radius 3 is 2.65 bits per heavy atom. The smallest absolute Gasteiger partial charge is 0.150 e. The van der Waals surface area contributed by atoms with Gasteiger partial charge in [0.25, 0.3) is 0 Å². The molecule has 0 aliphatic heterocycles. The number of nitrogen functional groups attached to an aromatic ring is 1. The molecule has 2 rings (SSSR count). The van der Waals surface area contributed by atoms with Gasteiger partial charge in [0, 0.05) is 24.0 Å². The Kier molecular flexibility index (Phi) is 3.14. The molecule has 0 fully saturated rings. The van der Waals surface area contributed by atoms with Crippen molar-refractivity contribution in [1.29, 1.82) is 0 Å². The predicted molar refractivity (Wildman–Crippen MR) is 66.5 cm³/mol. The fourth-order valence-corrected chi connectivity index (χ4v) is 1.44. The summed E-state index contributed by atoms with van der Waals surface area (Å²) in [5, 5.41) is 0. The van der Waals surface area contributed by atoms with Crippen LogP contribution in [0.2, 0.25) is 0 Å². The van der Waals surface area contributed by atoms with Gasteiger partial charge in [-0.2, -0.15) is 0 Å². The number of methoxy groups -OCH3 is 1.